The van der Waals surface area contributed by atoms with E-state index >= 15 is 0 Å². The number of alkyl carbamates (subject to hydrolysis) is 1. The van der Waals surface area contributed by atoms with Crippen LogP contribution in [0.5, 0.6) is 0 Å². The molecule has 142 valence electrons. The molecular weight excluding hydrogens is 352 g/mol. The summed E-state index contributed by atoms with van der Waals surface area (Å²) in [6.45, 7) is -0.0578. The standard InChI is InChI=1S/C19H20N2O6/c20-15(11-13-7-3-1-4-8-13)17(23)27-18(24)16(22)21-19(25)26-12-14-9-5-2-6-10-14/h1-10,15,18,24H,11-12,20H2,(H,21,22,25)/t15-,18?/m0/s1. The van der Waals surface area contributed by atoms with Crippen molar-refractivity contribution >= 4 is 18.0 Å². The number of esters is 1. The molecule has 0 fully saturated rings. The van der Waals surface area contributed by atoms with Gasteiger partial charge in [0.1, 0.15) is 12.6 Å². The molecule has 1 unspecified atom stereocenters. The van der Waals surface area contributed by atoms with E-state index in [1.165, 1.54) is 0 Å². The van der Waals surface area contributed by atoms with Gasteiger partial charge in [-0.15, -0.1) is 0 Å². The maximum atomic E-state index is 11.9. The van der Waals surface area contributed by atoms with Crippen LogP contribution < -0.4 is 11.1 Å². The van der Waals surface area contributed by atoms with Gasteiger partial charge in [-0.25, -0.2) is 4.79 Å². The van der Waals surface area contributed by atoms with Gasteiger partial charge in [-0.3, -0.25) is 14.9 Å². The summed E-state index contributed by atoms with van der Waals surface area (Å²) in [5, 5.41) is 11.4. The molecule has 0 aromatic heterocycles. The minimum atomic E-state index is -2.18. The van der Waals surface area contributed by atoms with Gasteiger partial charge in [-0.1, -0.05) is 60.7 Å². The maximum absolute atomic E-state index is 11.9. The van der Waals surface area contributed by atoms with Crippen LogP contribution in [0.1, 0.15) is 11.1 Å². The van der Waals surface area contributed by atoms with E-state index in [1.54, 1.807) is 59.9 Å². The zero-order valence-electron chi connectivity index (χ0n) is 14.4. The van der Waals surface area contributed by atoms with Crippen molar-refractivity contribution < 1.29 is 29.0 Å². The molecule has 2 atom stereocenters. The number of carbonyl (C=O) groups excluding carboxylic acids is 3. The fourth-order valence-electron chi connectivity index (χ4n) is 2.12. The summed E-state index contributed by atoms with van der Waals surface area (Å²) in [6.07, 6.45) is -3.08. The summed E-state index contributed by atoms with van der Waals surface area (Å²) < 4.78 is 9.41. The van der Waals surface area contributed by atoms with Crippen LogP contribution in [0, 0.1) is 0 Å². The quantitative estimate of drug-likeness (QED) is 0.486. The van der Waals surface area contributed by atoms with Gasteiger partial charge < -0.3 is 20.3 Å². The summed E-state index contributed by atoms with van der Waals surface area (Å²) in [6, 6.07) is 16.7. The number of nitrogens with one attached hydrogen (secondary N) is 1. The number of aliphatic hydroxyl groups is 1. The second-order valence-electron chi connectivity index (χ2n) is 5.64. The molecular formula is C19H20N2O6. The second-order valence-corrected chi connectivity index (χ2v) is 5.64. The van der Waals surface area contributed by atoms with Crippen LogP contribution in [0.25, 0.3) is 0 Å². The maximum Gasteiger partial charge on any atom is 0.414 e. The lowest BCUT2D eigenvalue weighted by Gasteiger charge is -2.15. The number of aliphatic hydroxyl groups excluding tert-OH is 1. The predicted octanol–water partition coefficient (Wildman–Crippen LogP) is 0.871. The molecule has 0 aliphatic carbocycles. The molecule has 4 N–H and O–H groups in total. The van der Waals surface area contributed by atoms with Gasteiger partial charge in [0.15, 0.2) is 0 Å². The van der Waals surface area contributed by atoms with Crippen molar-refractivity contribution in [3.05, 3.63) is 71.8 Å². The highest BCUT2D eigenvalue weighted by molar-refractivity contribution is 5.94. The van der Waals surface area contributed by atoms with Crippen LogP contribution in [0.3, 0.4) is 0 Å². The smallest absolute Gasteiger partial charge is 0.414 e. The van der Waals surface area contributed by atoms with Crippen LogP contribution in [-0.2, 0) is 32.1 Å². The zero-order valence-corrected chi connectivity index (χ0v) is 14.4. The van der Waals surface area contributed by atoms with Gasteiger partial charge in [-0.05, 0) is 17.5 Å². The first-order valence-corrected chi connectivity index (χ1v) is 8.15. The number of imide groups is 1. The Balaban J connectivity index is 1.75. The first-order valence-electron chi connectivity index (χ1n) is 8.15. The number of hydrogen-bond acceptors (Lipinski definition) is 7. The fourth-order valence-corrected chi connectivity index (χ4v) is 2.12. The summed E-state index contributed by atoms with van der Waals surface area (Å²) in [4.78, 5) is 35.1. The third-order valence-electron chi connectivity index (χ3n) is 3.49. The topological polar surface area (TPSA) is 128 Å². The third kappa shape index (κ3) is 6.89. The van der Waals surface area contributed by atoms with E-state index < -0.39 is 30.3 Å². The number of benzene rings is 2. The molecule has 0 aliphatic rings. The van der Waals surface area contributed by atoms with Crippen LogP contribution in [-0.4, -0.2) is 35.4 Å². The Morgan fingerprint density at radius 2 is 1.52 bits per heavy atom. The fraction of sp³-hybridized carbons (Fsp3) is 0.211. The lowest BCUT2D eigenvalue weighted by Crippen LogP contribution is -2.44. The summed E-state index contributed by atoms with van der Waals surface area (Å²) in [5.74, 6) is -2.20. The van der Waals surface area contributed by atoms with Crippen LogP contribution in [0.15, 0.2) is 60.7 Å². The molecule has 0 saturated carbocycles. The van der Waals surface area contributed by atoms with Crippen molar-refractivity contribution in [1.82, 2.24) is 5.32 Å². The van der Waals surface area contributed by atoms with Crippen molar-refractivity contribution in [2.75, 3.05) is 0 Å². The van der Waals surface area contributed by atoms with Gasteiger partial charge in [-0.2, -0.15) is 0 Å². The number of ether oxygens (including phenoxy) is 2. The molecule has 2 aromatic carbocycles. The van der Waals surface area contributed by atoms with Crippen molar-refractivity contribution in [3.8, 4) is 0 Å². The van der Waals surface area contributed by atoms with E-state index in [2.05, 4.69) is 4.74 Å². The molecule has 8 heteroatoms. The Kier molecular flexibility index (Phi) is 7.48. The summed E-state index contributed by atoms with van der Waals surface area (Å²) in [7, 11) is 0. The first kappa shape index (κ1) is 20.1. The molecule has 2 rings (SSSR count). The summed E-state index contributed by atoms with van der Waals surface area (Å²) in [5.41, 5.74) is 7.22. The number of amides is 2. The van der Waals surface area contributed by atoms with E-state index in [-0.39, 0.29) is 13.0 Å². The monoisotopic (exact) mass is 372 g/mol. The normalized spacial score (nSPS) is 12.5. The minimum Gasteiger partial charge on any atom is -0.444 e. The highest BCUT2D eigenvalue weighted by Gasteiger charge is 2.25. The lowest BCUT2D eigenvalue weighted by atomic mass is 10.1. The number of rotatable bonds is 7. The van der Waals surface area contributed by atoms with E-state index in [0.717, 1.165) is 11.1 Å². The zero-order chi connectivity index (χ0) is 19.6. The number of nitrogens with two attached hydrogens (primary N) is 1. The molecule has 0 radical (unpaired) electrons. The van der Waals surface area contributed by atoms with Gasteiger partial charge in [0.2, 0.25) is 0 Å². The Bertz CT molecular complexity index is 766. The van der Waals surface area contributed by atoms with Crippen LogP contribution >= 0.6 is 0 Å². The Labute approximate surface area is 155 Å². The Morgan fingerprint density at radius 1 is 0.963 bits per heavy atom. The van der Waals surface area contributed by atoms with Crippen molar-refractivity contribution in [3.63, 3.8) is 0 Å². The third-order valence-corrected chi connectivity index (χ3v) is 3.49. The average Bonchev–Trinajstić information content (AvgIpc) is 2.67. The molecule has 0 spiro atoms. The molecule has 0 aliphatic heterocycles. The first-order chi connectivity index (χ1) is 13.0. The molecule has 0 bridgehead atoms. The van der Waals surface area contributed by atoms with Crippen LogP contribution in [0.4, 0.5) is 4.79 Å². The summed E-state index contributed by atoms with van der Waals surface area (Å²) >= 11 is 0. The van der Waals surface area contributed by atoms with Gasteiger partial charge in [0.25, 0.3) is 12.2 Å². The SMILES string of the molecule is N[C@@H](Cc1ccccc1)C(=O)OC(O)C(=O)NC(=O)OCc1ccccc1. The van der Waals surface area contributed by atoms with Gasteiger partial charge in [0.05, 0.1) is 0 Å². The Morgan fingerprint density at radius 3 is 2.11 bits per heavy atom. The minimum absolute atomic E-state index is 0.0578. The van der Waals surface area contributed by atoms with Gasteiger partial charge >= 0.3 is 12.1 Å². The molecule has 2 amide bonds. The van der Waals surface area contributed by atoms with Crippen molar-refractivity contribution in [2.45, 2.75) is 25.4 Å². The van der Waals surface area contributed by atoms with Crippen molar-refractivity contribution in [2.24, 2.45) is 5.73 Å². The molecule has 8 nitrogen and oxygen atoms in total. The van der Waals surface area contributed by atoms with E-state index in [1.807, 2.05) is 6.07 Å². The van der Waals surface area contributed by atoms with E-state index in [0.29, 0.717) is 0 Å². The van der Waals surface area contributed by atoms with E-state index in [4.69, 9.17) is 10.5 Å². The predicted molar refractivity (Wildman–Crippen MR) is 95.0 cm³/mol. The van der Waals surface area contributed by atoms with E-state index in [9.17, 15) is 19.5 Å². The molecule has 0 heterocycles. The number of hydrogen-bond donors (Lipinski definition) is 3. The Hall–Kier alpha value is -3.23. The van der Waals surface area contributed by atoms with Gasteiger partial charge in [0, 0.05) is 0 Å². The highest BCUT2D eigenvalue weighted by Crippen LogP contribution is 2.04. The molecule has 0 saturated heterocycles. The molecule has 2 aromatic rings. The highest BCUT2D eigenvalue weighted by atomic mass is 16.6. The largest absolute Gasteiger partial charge is 0.444 e. The van der Waals surface area contributed by atoms with Crippen molar-refractivity contribution in [1.29, 1.82) is 0 Å². The number of carbonyl (C=O) groups is 3. The second kappa shape index (κ2) is 10.0. The average molecular weight is 372 g/mol. The van der Waals surface area contributed by atoms with Crippen LogP contribution in [0.2, 0.25) is 0 Å². The lowest BCUT2D eigenvalue weighted by molar-refractivity contribution is -0.177. The molecule has 27 heavy (non-hydrogen) atoms.